The van der Waals surface area contributed by atoms with Gasteiger partial charge >= 0.3 is 5.97 Å². The van der Waals surface area contributed by atoms with Crippen LogP contribution < -0.4 is 11.5 Å². The van der Waals surface area contributed by atoms with E-state index >= 15 is 0 Å². The molecule has 0 fully saturated rings. The molecule has 5 N–H and O–H groups in total. The number of carbonyl (C=O) groups is 1. The zero-order valence-corrected chi connectivity index (χ0v) is 7.75. The fraction of sp³-hybridized carbons (Fsp3) is 0.833. The molecule has 0 saturated heterocycles. The molecular formula is C6H13BrN2O2. The molecule has 0 spiro atoms. The number of nitrogens with two attached hydrogens (primary N) is 2. The van der Waals surface area contributed by atoms with Crippen LogP contribution in [0.1, 0.15) is 12.8 Å². The van der Waals surface area contributed by atoms with Crippen molar-refractivity contribution in [3.63, 3.8) is 0 Å². The van der Waals surface area contributed by atoms with Crippen LogP contribution in [0.5, 0.6) is 0 Å². The maximum atomic E-state index is 10.3. The molecule has 5 heteroatoms. The highest BCUT2D eigenvalue weighted by molar-refractivity contribution is 9.09. The molecule has 0 aliphatic carbocycles. The van der Waals surface area contributed by atoms with Crippen molar-refractivity contribution in [1.29, 1.82) is 0 Å². The predicted octanol–water partition coefficient (Wildman–Crippen LogP) is -0.0993. The zero-order chi connectivity index (χ0) is 8.85. The number of rotatable bonds is 5. The van der Waals surface area contributed by atoms with E-state index in [9.17, 15) is 4.79 Å². The average Bonchev–Trinajstić information content (AvgIpc) is 1.87. The van der Waals surface area contributed by atoms with Gasteiger partial charge in [0.25, 0.3) is 0 Å². The molecule has 0 bridgehead atoms. The number of halogens is 1. The van der Waals surface area contributed by atoms with E-state index < -0.39 is 12.0 Å². The van der Waals surface area contributed by atoms with E-state index in [4.69, 9.17) is 16.6 Å². The Bertz CT molecular complexity index is 132. The van der Waals surface area contributed by atoms with E-state index in [1.54, 1.807) is 0 Å². The fourth-order valence-corrected chi connectivity index (χ4v) is 1.34. The van der Waals surface area contributed by atoms with E-state index in [0.29, 0.717) is 13.0 Å². The molecule has 0 aliphatic rings. The summed E-state index contributed by atoms with van der Waals surface area (Å²) >= 11 is 3.28. The largest absolute Gasteiger partial charge is 0.480 e. The monoisotopic (exact) mass is 224 g/mol. The number of aliphatic carboxylic acids is 1. The van der Waals surface area contributed by atoms with Gasteiger partial charge in [0, 0.05) is 4.83 Å². The minimum Gasteiger partial charge on any atom is -0.480 e. The second kappa shape index (κ2) is 5.51. The highest BCUT2D eigenvalue weighted by Gasteiger charge is 2.15. The Kier molecular flexibility index (Phi) is 5.45. The number of hydrogen-bond donors (Lipinski definition) is 3. The van der Waals surface area contributed by atoms with Gasteiger partial charge in [0.15, 0.2) is 0 Å². The summed E-state index contributed by atoms with van der Waals surface area (Å²) in [5.41, 5.74) is 10.5. The quantitative estimate of drug-likeness (QED) is 0.570. The number of carboxylic acids is 1. The van der Waals surface area contributed by atoms with Gasteiger partial charge in [0.2, 0.25) is 0 Å². The summed E-state index contributed by atoms with van der Waals surface area (Å²) in [6, 6.07) is -0.786. The lowest BCUT2D eigenvalue weighted by molar-refractivity contribution is -0.138. The van der Waals surface area contributed by atoms with Gasteiger partial charge < -0.3 is 16.6 Å². The van der Waals surface area contributed by atoms with Gasteiger partial charge in [-0.3, -0.25) is 4.79 Å². The first-order valence-corrected chi connectivity index (χ1v) is 4.32. The molecule has 4 nitrogen and oxygen atoms in total. The van der Waals surface area contributed by atoms with Crippen molar-refractivity contribution >= 4 is 21.9 Å². The topological polar surface area (TPSA) is 89.3 Å². The lowest BCUT2D eigenvalue weighted by Gasteiger charge is -2.10. The maximum Gasteiger partial charge on any atom is 0.320 e. The second-order valence-corrected chi connectivity index (χ2v) is 3.65. The molecular weight excluding hydrogens is 212 g/mol. The smallest absolute Gasteiger partial charge is 0.320 e. The SMILES string of the molecule is NCCC(Br)CC(N)C(=O)O. The lowest BCUT2D eigenvalue weighted by Crippen LogP contribution is -2.33. The molecule has 0 radical (unpaired) electrons. The Balaban J connectivity index is 3.56. The number of hydrogen-bond acceptors (Lipinski definition) is 3. The van der Waals surface area contributed by atoms with Gasteiger partial charge in [0.05, 0.1) is 0 Å². The van der Waals surface area contributed by atoms with Crippen LogP contribution in [-0.2, 0) is 4.79 Å². The normalized spacial score (nSPS) is 15.9. The van der Waals surface area contributed by atoms with Crippen molar-refractivity contribution in [3.8, 4) is 0 Å². The summed E-state index contributed by atoms with van der Waals surface area (Å²) in [6.07, 6.45) is 1.17. The van der Waals surface area contributed by atoms with Gasteiger partial charge in [-0.2, -0.15) is 0 Å². The Morgan fingerprint density at radius 1 is 1.64 bits per heavy atom. The van der Waals surface area contributed by atoms with E-state index in [1.165, 1.54) is 0 Å². The summed E-state index contributed by atoms with van der Waals surface area (Å²) in [6.45, 7) is 0.544. The van der Waals surface area contributed by atoms with E-state index in [-0.39, 0.29) is 4.83 Å². The molecule has 2 unspecified atom stereocenters. The van der Waals surface area contributed by atoms with Gasteiger partial charge in [-0.1, -0.05) is 15.9 Å². The van der Waals surface area contributed by atoms with Gasteiger partial charge in [-0.15, -0.1) is 0 Å². The van der Waals surface area contributed by atoms with Crippen molar-refractivity contribution in [2.24, 2.45) is 11.5 Å². The van der Waals surface area contributed by atoms with Crippen molar-refractivity contribution in [1.82, 2.24) is 0 Å². The average molecular weight is 225 g/mol. The lowest BCUT2D eigenvalue weighted by atomic mass is 10.1. The summed E-state index contributed by atoms with van der Waals surface area (Å²) in [5.74, 6) is -0.966. The van der Waals surface area contributed by atoms with Crippen LogP contribution in [0, 0.1) is 0 Å². The van der Waals surface area contributed by atoms with Crippen LogP contribution in [0.2, 0.25) is 0 Å². The first-order valence-electron chi connectivity index (χ1n) is 3.40. The van der Waals surface area contributed by atoms with Crippen LogP contribution in [0.25, 0.3) is 0 Å². The Morgan fingerprint density at radius 3 is 2.55 bits per heavy atom. The van der Waals surface area contributed by atoms with Crippen LogP contribution in [0.3, 0.4) is 0 Å². The molecule has 0 aromatic rings. The van der Waals surface area contributed by atoms with E-state index in [0.717, 1.165) is 6.42 Å². The first-order chi connectivity index (χ1) is 5.07. The summed E-state index contributed by atoms with van der Waals surface area (Å²) in [7, 11) is 0. The first kappa shape index (κ1) is 10.9. The molecule has 0 amide bonds. The summed E-state index contributed by atoms with van der Waals surface area (Å²) in [4.78, 5) is 10.4. The summed E-state index contributed by atoms with van der Waals surface area (Å²) < 4.78 is 0. The van der Waals surface area contributed by atoms with Crippen molar-refractivity contribution in [2.45, 2.75) is 23.7 Å². The Labute approximate surface area is 74.1 Å². The van der Waals surface area contributed by atoms with Crippen LogP contribution in [0.15, 0.2) is 0 Å². The predicted molar refractivity (Wildman–Crippen MR) is 46.6 cm³/mol. The third-order valence-corrected chi connectivity index (χ3v) is 2.14. The Morgan fingerprint density at radius 2 is 2.18 bits per heavy atom. The van der Waals surface area contributed by atoms with Crippen molar-refractivity contribution < 1.29 is 9.90 Å². The van der Waals surface area contributed by atoms with Crippen LogP contribution >= 0.6 is 15.9 Å². The van der Waals surface area contributed by atoms with Crippen LogP contribution in [0.4, 0.5) is 0 Å². The third-order valence-electron chi connectivity index (χ3n) is 1.31. The molecule has 2 atom stereocenters. The number of alkyl halides is 1. The molecule has 0 saturated carbocycles. The molecule has 0 aromatic carbocycles. The van der Waals surface area contributed by atoms with Gasteiger partial charge in [-0.05, 0) is 19.4 Å². The van der Waals surface area contributed by atoms with Crippen molar-refractivity contribution in [3.05, 3.63) is 0 Å². The number of carboxylic acid groups (broad SMARTS) is 1. The minimum absolute atomic E-state index is 0.110. The maximum absolute atomic E-state index is 10.3. The van der Waals surface area contributed by atoms with Crippen LogP contribution in [-0.4, -0.2) is 28.5 Å². The van der Waals surface area contributed by atoms with E-state index in [1.807, 2.05) is 0 Å². The van der Waals surface area contributed by atoms with Gasteiger partial charge in [0.1, 0.15) is 6.04 Å². The van der Waals surface area contributed by atoms with Gasteiger partial charge in [-0.25, -0.2) is 0 Å². The Hall–Kier alpha value is -0.130. The zero-order valence-electron chi connectivity index (χ0n) is 6.16. The summed E-state index contributed by atoms with van der Waals surface area (Å²) in [5, 5.41) is 8.42. The molecule has 0 aromatic heterocycles. The van der Waals surface area contributed by atoms with Crippen molar-refractivity contribution in [2.75, 3.05) is 6.54 Å². The standard InChI is InChI=1S/C6H13BrN2O2/c7-4(1-2-8)3-5(9)6(10)11/h4-5H,1-3,8-9H2,(H,10,11). The molecule has 0 aliphatic heterocycles. The van der Waals surface area contributed by atoms with E-state index in [2.05, 4.69) is 15.9 Å². The second-order valence-electron chi connectivity index (χ2n) is 2.36. The molecule has 11 heavy (non-hydrogen) atoms. The molecule has 0 rings (SSSR count). The molecule has 0 heterocycles. The fourth-order valence-electron chi connectivity index (χ4n) is 0.675. The minimum atomic E-state index is -0.966. The molecule has 66 valence electrons. The highest BCUT2D eigenvalue weighted by Crippen LogP contribution is 2.10. The highest BCUT2D eigenvalue weighted by atomic mass is 79.9. The third kappa shape index (κ3) is 5.17.